The minimum atomic E-state index is -3.49. The van der Waals surface area contributed by atoms with Gasteiger partial charge in [-0.15, -0.1) is 11.3 Å². The predicted octanol–water partition coefficient (Wildman–Crippen LogP) is 4.89. The first-order valence-corrected chi connectivity index (χ1v) is 12.2. The monoisotopic (exact) mass is 429 g/mol. The molecule has 0 aliphatic rings. The molecule has 0 radical (unpaired) electrons. The van der Waals surface area contributed by atoms with Crippen molar-refractivity contribution in [2.24, 2.45) is 4.99 Å². The lowest BCUT2D eigenvalue weighted by Gasteiger charge is -2.19. The Morgan fingerprint density at radius 2 is 1.72 bits per heavy atom. The molecule has 0 saturated heterocycles. The van der Waals surface area contributed by atoms with Gasteiger partial charge in [-0.25, -0.2) is 13.4 Å². The number of benzene rings is 2. The number of aromatic nitrogens is 1. The summed E-state index contributed by atoms with van der Waals surface area (Å²) in [6.07, 6.45) is 0.961. The summed E-state index contributed by atoms with van der Waals surface area (Å²) in [7, 11) is -3.49. The third kappa shape index (κ3) is 4.69. The van der Waals surface area contributed by atoms with Crippen molar-refractivity contribution >= 4 is 27.0 Å². The Morgan fingerprint density at radius 1 is 1.00 bits per heavy atom. The van der Waals surface area contributed by atoms with Crippen molar-refractivity contribution in [1.29, 1.82) is 0 Å². The number of hydrogen-bond acceptors (Lipinski definition) is 4. The van der Waals surface area contributed by atoms with Crippen molar-refractivity contribution in [3.63, 3.8) is 0 Å². The van der Waals surface area contributed by atoms with E-state index in [-0.39, 0.29) is 0 Å². The minimum absolute atomic E-state index is 0.328. The van der Waals surface area contributed by atoms with E-state index in [9.17, 15) is 8.42 Å². The van der Waals surface area contributed by atoms with Crippen molar-refractivity contribution < 1.29 is 8.42 Å². The molecule has 0 unspecified atom stereocenters. The second-order valence-corrected chi connectivity index (χ2v) is 9.39. The third-order valence-corrected chi connectivity index (χ3v) is 7.61. The fraction of sp³-hybridized carbons (Fsp3) is 0.318. The van der Waals surface area contributed by atoms with Crippen LogP contribution in [0.5, 0.6) is 0 Å². The average molecular weight is 430 g/mol. The van der Waals surface area contributed by atoms with Crippen LogP contribution in [0, 0.1) is 0 Å². The van der Waals surface area contributed by atoms with Crippen LogP contribution in [0.2, 0.25) is 0 Å². The van der Waals surface area contributed by atoms with E-state index < -0.39 is 10.0 Å². The second-order valence-electron chi connectivity index (χ2n) is 6.62. The highest BCUT2D eigenvalue weighted by molar-refractivity contribution is 7.89. The summed E-state index contributed by atoms with van der Waals surface area (Å²) in [4.78, 5) is 6.02. The van der Waals surface area contributed by atoms with E-state index in [4.69, 9.17) is 4.99 Å². The summed E-state index contributed by atoms with van der Waals surface area (Å²) < 4.78 is 29.5. The van der Waals surface area contributed by atoms with Crippen LogP contribution in [0.1, 0.15) is 27.2 Å². The van der Waals surface area contributed by atoms with Gasteiger partial charge in [0.05, 0.1) is 16.3 Å². The normalized spacial score (nSPS) is 12.6. The van der Waals surface area contributed by atoms with Crippen molar-refractivity contribution in [3.05, 3.63) is 64.8 Å². The van der Waals surface area contributed by atoms with Crippen LogP contribution in [0.25, 0.3) is 11.3 Å². The highest BCUT2D eigenvalue weighted by Gasteiger charge is 2.22. The van der Waals surface area contributed by atoms with E-state index in [1.807, 2.05) is 56.3 Å². The highest BCUT2D eigenvalue weighted by Crippen LogP contribution is 2.25. The SMILES string of the molecule is CCCn1c(-c2cccc(S(=O)(=O)N(CC)CC)c2)csc1=Nc1ccccc1. The van der Waals surface area contributed by atoms with Gasteiger partial charge in [0, 0.05) is 30.6 Å². The number of rotatable bonds is 8. The molecule has 5 nitrogen and oxygen atoms in total. The molecule has 2 aromatic carbocycles. The van der Waals surface area contributed by atoms with Crippen molar-refractivity contribution in [3.8, 4) is 11.3 Å². The first kappa shape index (κ1) is 21.5. The van der Waals surface area contributed by atoms with Gasteiger partial charge < -0.3 is 4.57 Å². The first-order chi connectivity index (χ1) is 14.0. The Morgan fingerprint density at radius 3 is 2.38 bits per heavy atom. The molecule has 0 saturated carbocycles. The van der Waals surface area contributed by atoms with Gasteiger partial charge in [-0.1, -0.05) is 51.1 Å². The summed E-state index contributed by atoms with van der Waals surface area (Å²) in [6.45, 7) is 7.57. The van der Waals surface area contributed by atoms with Crippen LogP contribution in [-0.2, 0) is 16.6 Å². The zero-order valence-corrected chi connectivity index (χ0v) is 18.7. The Kier molecular flexibility index (Phi) is 7.05. The molecule has 0 fully saturated rings. The molecule has 0 bridgehead atoms. The maximum Gasteiger partial charge on any atom is 0.243 e. The number of sulfonamides is 1. The summed E-state index contributed by atoms with van der Waals surface area (Å²) in [5, 5.41) is 2.06. The van der Waals surface area contributed by atoms with Gasteiger partial charge >= 0.3 is 0 Å². The zero-order valence-electron chi connectivity index (χ0n) is 17.1. The summed E-state index contributed by atoms with van der Waals surface area (Å²) >= 11 is 1.57. The Bertz CT molecular complexity index is 1110. The molecule has 29 heavy (non-hydrogen) atoms. The first-order valence-electron chi connectivity index (χ1n) is 9.90. The fourth-order valence-electron chi connectivity index (χ4n) is 3.23. The van der Waals surface area contributed by atoms with E-state index in [0.29, 0.717) is 18.0 Å². The summed E-state index contributed by atoms with van der Waals surface area (Å²) in [5.74, 6) is 0. The Balaban J connectivity index is 2.09. The quantitative estimate of drug-likeness (QED) is 0.512. The van der Waals surface area contributed by atoms with Gasteiger partial charge in [0.15, 0.2) is 4.80 Å². The number of thiazole rings is 1. The van der Waals surface area contributed by atoms with Crippen LogP contribution < -0.4 is 4.80 Å². The lowest BCUT2D eigenvalue weighted by Crippen LogP contribution is -2.30. The molecule has 1 heterocycles. The highest BCUT2D eigenvalue weighted by atomic mass is 32.2. The van der Waals surface area contributed by atoms with E-state index >= 15 is 0 Å². The third-order valence-electron chi connectivity index (χ3n) is 4.70. The average Bonchev–Trinajstić information content (AvgIpc) is 3.12. The molecule has 0 atom stereocenters. The van der Waals surface area contributed by atoms with E-state index in [1.54, 1.807) is 23.5 Å². The molecular formula is C22H27N3O2S2. The van der Waals surface area contributed by atoms with Gasteiger partial charge in [-0.2, -0.15) is 4.31 Å². The van der Waals surface area contributed by atoms with E-state index in [0.717, 1.165) is 34.7 Å². The molecule has 0 aliphatic carbocycles. The maximum atomic E-state index is 12.9. The smallest absolute Gasteiger partial charge is 0.243 e. The molecule has 3 aromatic rings. The van der Waals surface area contributed by atoms with Crippen LogP contribution in [0.4, 0.5) is 5.69 Å². The van der Waals surface area contributed by atoms with Gasteiger partial charge in [-0.05, 0) is 30.7 Å². The van der Waals surface area contributed by atoms with Gasteiger partial charge in [0.25, 0.3) is 0 Å². The molecule has 0 spiro atoms. The largest absolute Gasteiger partial charge is 0.316 e. The molecule has 0 amide bonds. The molecule has 0 aliphatic heterocycles. The van der Waals surface area contributed by atoms with E-state index in [1.165, 1.54) is 4.31 Å². The number of nitrogens with zero attached hydrogens (tertiary/aromatic N) is 3. The van der Waals surface area contributed by atoms with Crippen LogP contribution in [0.15, 0.2) is 69.9 Å². The van der Waals surface area contributed by atoms with Crippen LogP contribution in [0.3, 0.4) is 0 Å². The number of hydrogen-bond donors (Lipinski definition) is 0. The van der Waals surface area contributed by atoms with Crippen molar-refractivity contribution in [1.82, 2.24) is 8.87 Å². The predicted molar refractivity (Wildman–Crippen MR) is 120 cm³/mol. The standard InChI is InChI=1S/C22H27N3O2S2/c1-4-15-25-21(17-28-22(25)23-19-12-8-7-9-13-19)18-11-10-14-20(16-18)29(26,27)24(5-2)6-3/h7-14,16-17H,4-6,15H2,1-3H3. The van der Waals surface area contributed by atoms with Crippen molar-refractivity contribution in [2.45, 2.75) is 38.6 Å². The van der Waals surface area contributed by atoms with Gasteiger partial charge in [-0.3, -0.25) is 0 Å². The molecule has 7 heteroatoms. The molecule has 154 valence electrons. The lowest BCUT2D eigenvalue weighted by atomic mass is 10.2. The molecule has 0 N–H and O–H groups in total. The Labute approximate surface area is 177 Å². The van der Waals surface area contributed by atoms with Gasteiger partial charge in [0.2, 0.25) is 10.0 Å². The van der Waals surface area contributed by atoms with Crippen LogP contribution >= 0.6 is 11.3 Å². The topological polar surface area (TPSA) is 54.7 Å². The minimum Gasteiger partial charge on any atom is -0.316 e. The molecular weight excluding hydrogens is 402 g/mol. The van der Waals surface area contributed by atoms with Crippen molar-refractivity contribution in [2.75, 3.05) is 13.1 Å². The fourth-order valence-corrected chi connectivity index (χ4v) is 5.69. The molecule has 3 rings (SSSR count). The van der Waals surface area contributed by atoms with Crippen LogP contribution in [-0.4, -0.2) is 30.4 Å². The Hall–Kier alpha value is -2.22. The summed E-state index contributed by atoms with van der Waals surface area (Å²) in [6, 6.07) is 17.1. The molecule has 1 aromatic heterocycles. The lowest BCUT2D eigenvalue weighted by molar-refractivity contribution is 0.445. The van der Waals surface area contributed by atoms with E-state index in [2.05, 4.69) is 16.9 Å². The maximum absolute atomic E-state index is 12.9. The second kappa shape index (κ2) is 9.52. The van der Waals surface area contributed by atoms with Gasteiger partial charge in [0.1, 0.15) is 0 Å². The summed E-state index contributed by atoms with van der Waals surface area (Å²) in [5.41, 5.74) is 2.78. The zero-order chi connectivity index (χ0) is 20.9. The number of para-hydroxylation sites is 1.